The summed E-state index contributed by atoms with van der Waals surface area (Å²) < 4.78 is 0. The van der Waals surface area contributed by atoms with Gasteiger partial charge < -0.3 is 5.32 Å². The van der Waals surface area contributed by atoms with Crippen LogP contribution in [0.3, 0.4) is 0 Å². The van der Waals surface area contributed by atoms with Gasteiger partial charge in [-0.15, -0.1) is 0 Å². The summed E-state index contributed by atoms with van der Waals surface area (Å²) in [4.78, 5) is 35.4. The van der Waals surface area contributed by atoms with Crippen molar-refractivity contribution in [3.05, 3.63) is 39.9 Å². The lowest BCUT2D eigenvalue weighted by molar-refractivity contribution is -0.384. The van der Waals surface area contributed by atoms with Crippen LogP contribution in [0.4, 0.5) is 10.5 Å². The van der Waals surface area contributed by atoms with Crippen LogP contribution in [0.2, 0.25) is 0 Å². The van der Waals surface area contributed by atoms with Gasteiger partial charge in [0.2, 0.25) is 0 Å². The van der Waals surface area contributed by atoms with Crippen LogP contribution in [-0.4, -0.2) is 27.8 Å². The van der Waals surface area contributed by atoms with Gasteiger partial charge >= 0.3 is 6.03 Å². The molecule has 7 nitrogen and oxygen atoms in total. The smallest absolute Gasteiger partial charge is 0.325 e. The SMILES string of the molecule is CC(C)C[C@@H]1NC(=O)N(Cc2cccc([N+](=O)[O-])c2)C1=O. The lowest BCUT2D eigenvalue weighted by Crippen LogP contribution is -2.31. The number of carbonyl (C=O) groups is 2. The zero-order valence-corrected chi connectivity index (χ0v) is 11.9. The first-order chi connectivity index (χ1) is 9.88. The Morgan fingerprint density at radius 2 is 2.10 bits per heavy atom. The van der Waals surface area contributed by atoms with Crippen LogP contribution in [0, 0.1) is 16.0 Å². The number of amides is 3. The number of rotatable bonds is 5. The third-order valence-corrected chi connectivity index (χ3v) is 3.28. The highest BCUT2D eigenvalue weighted by molar-refractivity contribution is 6.04. The minimum Gasteiger partial charge on any atom is -0.326 e. The summed E-state index contributed by atoms with van der Waals surface area (Å²) in [6.45, 7) is 3.99. The molecule has 0 radical (unpaired) electrons. The van der Waals surface area contributed by atoms with Gasteiger partial charge in [0.15, 0.2) is 0 Å². The Kier molecular flexibility index (Phi) is 4.21. The third kappa shape index (κ3) is 3.36. The first kappa shape index (κ1) is 15.0. The molecular weight excluding hydrogens is 274 g/mol. The second-order valence-corrected chi connectivity index (χ2v) is 5.48. The van der Waals surface area contributed by atoms with Crippen LogP contribution in [-0.2, 0) is 11.3 Å². The Balaban J connectivity index is 2.12. The van der Waals surface area contributed by atoms with Gasteiger partial charge in [0.1, 0.15) is 6.04 Å². The molecule has 3 amide bonds. The molecule has 1 aliphatic heterocycles. The highest BCUT2D eigenvalue weighted by Gasteiger charge is 2.37. The van der Waals surface area contributed by atoms with E-state index >= 15 is 0 Å². The lowest BCUT2D eigenvalue weighted by Gasteiger charge is -2.13. The summed E-state index contributed by atoms with van der Waals surface area (Å²) in [5.74, 6) is 0.0113. The minimum atomic E-state index is -0.504. The molecule has 1 saturated heterocycles. The number of non-ortho nitro benzene ring substituents is 1. The quantitative estimate of drug-likeness (QED) is 0.510. The molecule has 0 spiro atoms. The first-order valence-corrected chi connectivity index (χ1v) is 6.73. The van der Waals surface area contributed by atoms with E-state index in [4.69, 9.17) is 0 Å². The number of urea groups is 1. The highest BCUT2D eigenvalue weighted by atomic mass is 16.6. The Morgan fingerprint density at radius 3 is 2.71 bits per heavy atom. The predicted octanol–water partition coefficient (Wildman–Crippen LogP) is 2.06. The second kappa shape index (κ2) is 5.90. The molecule has 1 heterocycles. The second-order valence-electron chi connectivity index (χ2n) is 5.48. The van der Waals surface area contributed by atoms with E-state index in [2.05, 4.69) is 5.32 Å². The molecule has 112 valence electrons. The molecule has 2 rings (SSSR count). The molecule has 0 saturated carbocycles. The Hall–Kier alpha value is -2.44. The van der Waals surface area contributed by atoms with Crippen molar-refractivity contribution in [3.8, 4) is 0 Å². The van der Waals surface area contributed by atoms with Gasteiger partial charge in [0.25, 0.3) is 11.6 Å². The monoisotopic (exact) mass is 291 g/mol. The van der Waals surface area contributed by atoms with E-state index in [0.717, 1.165) is 4.90 Å². The van der Waals surface area contributed by atoms with Gasteiger partial charge in [-0.05, 0) is 17.9 Å². The number of hydrogen-bond acceptors (Lipinski definition) is 4. The number of benzene rings is 1. The summed E-state index contributed by atoms with van der Waals surface area (Å²) >= 11 is 0. The van der Waals surface area contributed by atoms with Crippen LogP contribution < -0.4 is 5.32 Å². The fraction of sp³-hybridized carbons (Fsp3) is 0.429. The fourth-order valence-corrected chi connectivity index (χ4v) is 2.31. The molecule has 0 unspecified atom stereocenters. The molecule has 0 aromatic heterocycles. The predicted molar refractivity (Wildman–Crippen MR) is 75.4 cm³/mol. The maximum absolute atomic E-state index is 12.2. The minimum absolute atomic E-state index is 0.0426. The van der Waals surface area contributed by atoms with Crippen molar-refractivity contribution in [1.82, 2.24) is 10.2 Å². The molecule has 0 aliphatic carbocycles. The van der Waals surface area contributed by atoms with Gasteiger partial charge in [-0.3, -0.25) is 19.8 Å². The average molecular weight is 291 g/mol. The molecular formula is C14H17N3O4. The maximum atomic E-state index is 12.2. The fourth-order valence-electron chi connectivity index (χ4n) is 2.31. The van der Waals surface area contributed by atoms with E-state index in [-0.39, 0.29) is 24.1 Å². The Labute approximate surface area is 122 Å². The topological polar surface area (TPSA) is 92.6 Å². The highest BCUT2D eigenvalue weighted by Crippen LogP contribution is 2.19. The first-order valence-electron chi connectivity index (χ1n) is 6.73. The van der Waals surface area contributed by atoms with Crippen LogP contribution in [0.5, 0.6) is 0 Å². The maximum Gasteiger partial charge on any atom is 0.325 e. The van der Waals surface area contributed by atoms with Crippen molar-refractivity contribution in [2.24, 2.45) is 5.92 Å². The summed E-state index contributed by atoms with van der Waals surface area (Å²) in [5, 5.41) is 13.4. The molecule has 1 aliphatic rings. The molecule has 1 N–H and O–H groups in total. The van der Waals surface area contributed by atoms with Crippen molar-refractivity contribution in [2.75, 3.05) is 0 Å². The Morgan fingerprint density at radius 1 is 1.38 bits per heavy atom. The molecule has 1 atom stereocenters. The largest absolute Gasteiger partial charge is 0.326 e. The molecule has 1 aromatic carbocycles. The summed E-state index contributed by atoms with van der Waals surface area (Å²) in [7, 11) is 0. The lowest BCUT2D eigenvalue weighted by atomic mass is 10.0. The van der Waals surface area contributed by atoms with Crippen LogP contribution in [0.25, 0.3) is 0 Å². The molecule has 0 bridgehead atoms. The van der Waals surface area contributed by atoms with Gasteiger partial charge in [-0.2, -0.15) is 0 Å². The van der Waals surface area contributed by atoms with E-state index in [1.165, 1.54) is 18.2 Å². The van der Waals surface area contributed by atoms with Crippen molar-refractivity contribution in [2.45, 2.75) is 32.9 Å². The van der Waals surface area contributed by atoms with Crippen LogP contribution >= 0.6 is 0 Å². The van der Waals surface area contributed by atoms with Gasteiger partial charge in [0, 0.05) is 12.1 Å². The molecule has 1 aromatic rings. The van der Waals surface area contributed by atoms with Crippen LogP contribution in [0.15, 0.2) is 24.3 Å². The molecule has 7 heteroatoms. The van der Waals surface area contributed by atoms with Crippen molar-refractivity contribution < 1.29 is 14.5 Å². The zero-order valence-electron chi connectivity index (χ0n) is 11.9. The van der Waals surface area contributed by atoms with Crippen molar-refractivity contribution in [1.29, 1.82) is 0 Å². The third-order valence-electron chi connectivity index (χ3n) is 3.28. The van der Waals surface area contributed by atoms with Gasteiger partial charge in [-0.1, -0.05) is 26.0 Å². The Bertz CT molecular complexity index is 585. The summed E-state index contributed by atoms with van der Waals surface area (Å²) in [6.07, 6.45) is 0.579. The van der Waals surface area contributed by atoms with Crippen LogP contribution in [0.1, 0.15) is 25.8 Å². The van der Waals surface area contributed by atoms with E-state index in [0.29, 0.717) is 12.0 Å². The number of nitro benzene ring substituents is 1. The molecule has 21 heavy (non-hydrogen) atoms. The van der Waals surface area contributed by atoms with Gasteiger partial charge in [-0.25, -0.2) is 4.79 Å². The summed E-state index contributed by atoms with van der Waals surface area (Å²) in [6, 6.07) is 4.99. The number of nitro groups is 1. The summed E-state index contributed by atoms with van der Waals surface area (Å²) in [5.41, 5.74) is 0.496. The average Bonchev–Trinajstić information content (AvgIpc) is 2.66. The van der Waals surface area contributed by atoms with E-state index in [9.17, 15) is 19.7 Å². The molecule has 1 fully saturated rings. The van der Waals surface area contributed by atoms with Gasteiger partial charge in [0.05, 0.1) is 11.5 Å². The number of nitrogens with zero attached hydrogens (tertiary/aromatic N) is 2. The zero-order chi connectivity index (χ0) is 15.6. The van der Waals surface area contributed by atoms with E-state index in [1.54, 1.807) is 6.07 Å². The number of hydrogen-bond donors (Lipinski definition) is 1. The van der Waals surface area contributed by atoms with Crippen molar-refractivity contribution in [3.63, 3.8) is 0 Å². The van der Waals surface area contributed by atoms with E-state index in [1.807, 2.05) is 13.8 Å². The number of carbonyl (C=O) groups excluding carboxylic acids is 2. The number of nitrogens with one attached hydrogen (secondary N) is 1. The standard InChI is InChI=1S/C14H17N3O4/c1-9(2)6-12-13(18)16(14(19)15-12)8-10-4-3-5-11(7-10)17(20)21/h3-5,7,9,12H,6,8H2,1-2H3,(H,15,19)/t12-/m0/s1. The normalized spacial score (nSPS) is 18.2. The number of imide groups is 1. The van der Waals surface area contributed by atoms with Crippen molar-refractivity contribution >= 4 is 17.6 Å². The van der Waals surface area contributed by atoms with E-state index < -0.39 is 17.0 Å².